The second kappa shape index (κ2) is 7.28. The number of methoxy groups -OCH3 is 1. The highest BCUT2D eigenvalue weighted by molar-refractivity contribution is 5.73. The topological polar surface area (TPSA) is 46.5 Å². The molecule has 1 aromatic carbocycles. The lowest BCUT2D eigenvalue weighted by molar-refractivity contribution is -0.150. The van der Waals surface area contributed by atoms with Crippen LogP contribution >= 0.6 is 0 Å². The number of aliphatic hydroxyl groups is 1. The van der Waals surface area contributed by atoms with Crippen LogP contribution in [0.4, 0.5) is 13.2 Å². The molecule has 1 aromatic rings. The molecule has 0 radical (unpaired) electrons. The van der Waals surface area contributed by atoms with E-state index in [4.69, 9.17) is 0 Å². The molecule has 0 aromatic heterocycles. The Morgan fingerprint density at radius 3 is 2.40 bits per heavy atom. The average molecular weight is 290 g/mol. The molecule has 0 aliphatic heterocycles. The lowest BCUT2D eigenvalue weighted by Gasteiger charge is -2.21. The summed E-state index contributed by atoms with van der Waals surface area (Å²) in [4.78, 5) is 11.6. The van der Waals surface area contributed by atoms with E-state index in [-0.39, 0.29) is 6.42 Å². The maximum absolute atomic E-state index is 13.6. The summed E-state index contributed by atoms with van der Waals surface area (Å²) in [6.45, 7) is 1.89. The third kappa shape index (κ3) is 3.72. The van der Waals surface area contributed by atoms with Crippen molar-refractivity contribution in [1.82, 2.24) is 0 Å². The first-order valence-electron chi connectivity index (χ1n) is 6.32. The van der Waals surface area contributed by atoms with E-state index in [9.17, 15) is 23.1 Å². The Morgan fingerprint density at radius 2 is 1.85 bits per heavy atom. The summed E-state index contributed by atoms with van der Waals surface area (Å²) in [5.41, 5.74) is -0.449. The van der Waals surface area contributed by atoms with E-state index in [0.29, 0.717) is 18.6 Å². The van der Waals surface area contributed by atoms with Crippen molar-refractivity contribution in [1.29, 1.82) is 0 Å². The molecule has 112 valence electrons. The number of hydrogen-bond donors (Lipinski definition) is 1. The van der Waals surface area contributed by atoms with Crippen molar-refractivity contribution in [3.63, 3.8) is 0 Å². The van der Waals surface area contributed by atoms with Crippen LogP contribution in [0.5, 0.6) is 0 Å². The SMILES string of the molecule is CCCCC(C(=O)OC)C(O)c1cc(F)c(F)cc1F. The van der Waals surface area contributed by atoms with Crippen LogP contribution in [0.1, 0.15) is 37.9 Å². The lowest BCUT2D eigenvalue weighted by Crippen LogP contribution is -2.24. The van der Waals surface area contributed by atoms with Crippen LogP contribution in [0.25, 0.3) is 0 Å². The molecular formula is C14H17F3O3. The smallest absolute Gasteiger partial charge is 0.311 e. The zero-order valence-electron chi connectivity index (χ0n) is 11.3. The Labute approximate surface area is 115 Å². The molecule has 3 nitrogen and oxygen atoms in total. The second-order valence-electron chi connectivity index (χ2n) is 4.50. The van der Waals surface area contributed by atoms with E-state index in [1.807, 2.05) is 6.92 Å². The predicted molar refractivity (Wildman–Crippen MR) is 66.3 cm³/mol. The fraction of sp³-hybridized carbons (Fsp3) is 0.500. The van der Waals surface area contributed by atoms with E-state index in [0.717, 1.165) is 13.5 Å². The number of carbonyl (C=O) groups excluding carboxylic acids is 1. The Hall–Kier alpha value is -1.56. The number of carbonyl (C=O) groups is 1. The fourth-order valence-electron chi connectivity index (χ4n) is 1.96. The van der Waals surface area contributed by atoms with Crippen molar-refractivity contribution >= 4 is 5.97 Å². The van der Waals surface area contributed by atoms with E-state index in [1.54, 1.807) is 0 Å². The number of esters is 1. The van der Waals surface area contributed by atoms with Gasteiger partial charge >= 0.3 is 5.97 Å². The molecule has 0 amide bonds. The number of benzene rings is 1. The van der Waals surface area contributed by atoms with Gasteiger partial charge in [-0.25, -0.2) is 13.2 Å². The summed E-state index contributed by atoms with van der Waals surface area (Å²) < 4.78 is 44.2. The summed E-state index contributed by atoms with van der Waals surface area (Å²) in [6, 6.07) is 0.916. The molecule has 0 aliphatic rings. The minimum Gasteiger partial charge on any atom is -0.469 e. The molecule has 2 atom stereocenters. The average Bonchev–Trinajstić information content (AvgIpc) is 2.42. The van der Waals surface area contributed by atoms with Gasteiger partial charge in [0.05, 0.1) is 19.1 Å². The van der Waals surface area contributed by atoms with E-state index >= 15 is 0 Å². The molecule has 1 rings (SSSR count). The van der Waals surface area contributed by atoms with Crippen molar-refractivity contribution in [3.05, 3.63) is 35.1 Å². The fourth-order valence-corrected chi connectivity index (χ4v) is 1.96. The van der Waals surface area contributed by atoms with E-state index in [2.05, 4.69) is 4.74 Å². The summed E-state index contributed by atoms with van der Waals surface area (Å²) in [5.74, 6) is -5.45. The van der Waals surface area contributed by atoms with Gasteiger partial charge in [0, 0.05) is 11.6 Å². The van der Waals surface area contributed by atoms with Gasteiger partial charge in [0.25, 0.3) is 0 Å². The molecule has 0 saturated carbocycles. The van der Waals surface area contributed by atoms with Crippen LogP contribution in [0.15, 0.2) is 12.1 Å². The number of rotatable bonds is 6. The second-order valence-corrected chi connectivity index (χ2v) is 4.50. The van der Waals surface area contributed by atoms with Crippen molar-refractivity contribution in [2.45, 2.75) is 32.3 Å². The molecule has 0 saturated heterocycles. The Bertz CT molecular complexity index is 477. The highest BCUT2D eigenvalue weighted by Crippen LogP contribution is 2.30. The van der Waals surface area contributed by atoms with E-state index in [1.165, 1.54) is 0 Å². The minimum absolute atomic E-state index is 0.267. The van der Waals surface area contributed by atoms with Crippen LogP contribution in [0.2, 0.25) is 0 Å². The highest BCUT2D eigenvalue weighted by Gasteiger charge is 2.31. The van der Waals surface area contributed by atoms with Crippen molar-refractivity contribution in [3.8, 4) is 0 Å². The normalized spacial score (nSPS) is 13.9. The van der Waals surface area contributed by atoms with Gasteiger partial charge in [0.15, 0.2) is 11.6 Å². The molecule has 6 heteroatoms. The highest BCUT2D eigenvalue weighted by atomic mass is 19.2. The third-order valence-electron chi connectivity index (χ3n) is 3.11. The van der Waals surface area contributed by atoms with Crippen molar-refractivity contribution < 1.29 is 27.8 Å². The lowest BCUT2D eigenvalue weighted by atomic mass is 9.90. The van der Waals surface area contributed by atoms with Gasteiger partial charge in [0.1, 0.15) is 5.82 Å². The van der Waals surface area contributed by atoms with Crippen molar-refractivity contribution in [2.24, 2.45) is 5.92 Å². The number of hydrogen-bond acceptors (Lipinski definition) is 3. The molecule has 0 aliphatic carbocycles. The van der Waals surface area contributed by atoms with Gasteiger partial charge in [-0.05, 0) is 12.5 Å². The molecule has 1 N–H and O–H groups in total. The molecular weight excluding hydrogens is 273 g/mol. The van der Waals surface area contributed by atoms with Crippen LogP contribution in [0.3, 0.4) is 0 Å². The number of aliphatic hydroxyl groups excluding tert-OH is 1. The van der Waals surface area contributed by atoms with Gasteiger partial charge in [-0.1, -0.05) is 19.8 Å². The first-order chi connectivity index (χ1) is 9.42. The molecule has 0 fully saturated rings. The summed E-state index contributed by atoms with van der Waals surface area (Å²) in [7, 11) is 1.15. The Kier molecular flexibility index (Phi) is 6.01. The van der Waals surface area contributed by atoms with Gasteiger partial charge in [-0.3, -0.25) is 4.79 Å². The molecule has 0 spiro atoms. The van der Waals surface area contributed by atoms with Crippen LogP contribution < -0.4 is 0 Å². The van der Waals surface area contributed by atoms with Gasteiger partial charge < -0.3 is 9.84 Å². The predicted octanol–water partition coefficient (Wildman–Crippen LogP) is 3.12. The van der Waals surface area contributed by atoms with Gasteiger partial charge in [-0.15, -0.1) is 0 Å². The quantitative estimate of drug-likeness (QED) is 0.647. The van der Waals surface area contributed by atoms with E-state index < -0.39 is 41.0 Å². The number of halogens is 3. The zero-order valence-corrected chi connectivity index (χ0v) is 11.3. The molecule has 2 unspecified atom stereocenters. The third-order valence-corrected chi connectivity index (χ3v) is 3.11. The maximum Gasteiger partial charge on any atom is 0.311 e. The molecule has 0 heterocycles. The van der Waals surface area contributed by atoms with Crippen LogP contribution in [0, 0.1) is 23.4 Å². The largest absolute Gasteiger partial charge is 0.469 e. The Balaban J connectivity index is 3.08. The first-order valence-corrected chi connectivity index (χ1v) is 6.32. The Morgan fingerprint density at radius 1 is 1.25 bits per heavy atom. The molecule has 0 bridgehead atoms. The van der Waals surface area contributed by atoms with Crippen LogP contribution in [-0.4, -0.2) is 18.2 Å². The zero-order chi connectivity index (χ0) is 15.3. The number of ether oxygens (including phenoxy) is 1. The van der Waals surface area contributed by atoms with Gasteiger partial charge in [-0.2, -0.15) is 0 Å². The minimum atomic E-state index is -1.58. The summed E-state index contributed by atoms with van der Waals surface area (Å²) in [6.07, 6.45) is 0.0647. The van der Waals surface area contributed by atoms with Crippen LogP contribution in [-0.2, 0) is 9.53 Å². The van der Waals surface area contributed by atoms with Crippen molar-refractivity contribution in [2.75, 3.05) is 7.11 Å². The molecule has 20 heavy (non-hydrogen) atoms. The maximum atomic E-state index is 13.6. The monoisotopic (exact) mass is 290 g/mol. The standard InChI is InChI=1S/C14H17F3O3/c1-3-4-5-8(14(19)20-2)13(18)9-6-11(16)12(17)7-10(9)15/h6-8,13,18H,3-5H2,1-2H3. The number of unbranched alkanes of at least 4 members (excludes halogenated alkanes) is 1. The summed E-state index contributed by atoms with van der Waals surface area (Å²) in [5, 5.41) is 10.1. The van der Waals surface area contributed by atoms with Gasteiger partial charge in [0.2, 0.25) is 0 Å². The summed E-state index contributed by atoms with van der Waals surface area (Å²) >= 11 is 0. The first kappa shape index (κ1) is 16.5.